The van der Waals surface area contributed by atoms with Crippen molar-refractivity contribution in [2.24, 2.45) is 0 Å². The van der Waals surface area contributed by atoms with Crippen LogP contribution in [-0.2, 0) is 0 Å². The molecule has 0 saturated heterocycles. The van der Waals surface area contributed by atoms with Crippen LogP contribution in [-0.4, -0.2) is 15.1 Å². The monoisotopic (exact) mass is 208 g/mol. The maximum absolute atomic E-state index is 9.42. The van der Waals surface area contributed by atoms with Gasteiger partial charge in [-0.2, -0.15) is 0 Å². The van der Waals surface area contributed by atoms with Crippen molar-refractivity contribution in [1.82, 2.24) is 9.97 Å². The quantitative estimate of drug-likeness (QED) is 0.757. The fourth-order valence-corrected chi connectivity index (χ4v) is 1.43. The first-order valence-corrected chi connectivity index (χ1v) is 4.55. The molecule has 4 heteroatoms. The van der Waals surface area contributed by atoms with Gasteiger partial charge in [0.05, 0.1) is 17.0 Å². The van der Waals surface area contributed by atoms with Crippen LogP contribution in [0.1, 0.15) is 5.69 Å². The third kappa shape index (κ3) is 1.46. The van der Waals surface area contributed by atoms with E-state index in [4.69, 9.17) is 11.6 Å². The number of aromatic amines is 1. The van der Waals surface area contributed by atoms with E-state index < -0.39 is 0 Å². The molecule has 0 aliphatic heterocycles. The second-order valence-electron chi connectivity index (χ2n) is 3.04. The average molecular weight is 209 g/mol. The van der Waals surface area contributed by atoms with Gasteiger partial charge in [0, 0.05) is 11.3 Å². The molecule has 0 radical (unpaired) electrons. The number of aromatic hydroxyl groups is 1. The molecule has 0 aliphatic rings. The zero-order valence-electron chi connectivity index (χ0n) is 7.58. The maximum Gasteiger partial charge on any atom is 0.134 e. The summed E-state index contributed by atoms with van der Waals surface area (Å²) in [6.45, 7) is 1.92. The summed E-state index contributed by atoms with van der Waals surface area (Å²) >= 11 is 5.70. The van der Waals surface area contributed by atoms with Crippen molar-refractivity contribution >= 4 is 11.6 Å². The number of phenolic OH excluding ortho intramolecular Hbond substituents is 1. The Bertz CT molecular complexity index is 465. The Morgan fingerprint density at radius 1 is 1.43 bits per heavy atom. The van der Waals surface area contributed by atoms with Crippen molar-refractivity contribution in [3.8, 4) is 17.0 Å². The van der Waals surface area contributed by atoms with Crippen molar-refractivity contribution in [1.29, 1.82) is 0 Å². The Balaban J connectivity index is 2.53. The lowest BCUT2D eigenvalue weighted by Gasteiger charge is -2.01. The molecule has 3 nitrogen and oxygen atoms in total. The van der Waals surface area contributed by atoms with E-state index in [1.807, 2.05) is 13.0 Å². The first-order chi connectivity index (χ1) is 6.68. The molecule has 2 rings (SSSR count). The SMILES string of the molecule is Cc1[nH]cnc1-c1ccc(Cl)c(O)c1. The molecule has 2 N–H and O–H groups in total. The van der Waals surface area contributed by atoms with Gasteiger partial charge >= 0.3 is 0 Å². The zero-order chi connectivity index (χ0) is 10.1. The predicted molar refractivity (Wildman–Crippen MR) is 55.4 cm³/mol. The van der Waals surface area contributed by atoms with Gasteiger partial charge in [-0.05, 0) is 19.1 Å². The number of nitrogens with zero attached hydrogens (tertiary/aromatic N) is 1. The van der Waals surface area contributed by atoms with Gasteiger partial charge in [-0.3, -0.25) is 0 Å². The van der Waals surface area contributed by atoms with Gasteiger partial charge in [-0.15, -0.1) is 0 Å². The number of hydrogen-bond donors (Lipinski definition) is 2. The molecule has 0 bridgehead atoms. The van der Waals surface area contributed by atoms with Gasteiger partial charge in [-0.1, -0.05) is 17.7 Å². The second kappa shape index (κ2) is 3.35. The van der Waals surface area contributed by atoms with Gasteiger partial charge < -0.3 is 10.1 Å². The number of benzene rings is 1. The van der Waals surface area contributed by atoms with Gasteiger partial charge in [0.15, 0.2) is 0 Å². The van der Waals surface area contributed by atoms with Crippen LogP contribution in [0.2, 0.25) is 5.02 Å². The minimum Gasteiger partial charge on any atom is -0.506 e. The Kier molecular flexibility index (Phi) is 2.17. The van der Waals surface area contributed by atoms with Crippen LogP contribution in [0.3, 0.4) is 0 Å². The fourth-order valence-electron chi connectivity index (χ4n) is 1.31. The van der Waals surface area contributed by atoms with Crippen molar-refractivity contribution < 1.29 is 5.11 Å². The topological polar surface area (TPSA) is 48.9 Å². The molecule has 1 heterocycles. The third-order valence-corrected chi connectivity index (χ3v) is 2.37. The average Bonchev–Trinajstić information content (AvgIpc) is 2.57. The highest BCUT2D eigenvalue weighted by Crippen LogP contribution is 2.29. The van der Waals surface area contributed by atoms with Crippen LogP contribution in [0.4, 0.5) is 0 Å². The normalized spacial score (nSPS) is 10.4. The van der Waals surface area contributed by atoms with Crippen molar-refractivity contribution in [3.05, 3.63) is 35.2 Å². The standard InChI is InChI=1S/C10H9ClN2O/c1-6-10(13-5-12-6)7-2-3-8(11)9(14)4-7/h2-5,14H,1H3,(H,12,13). The maximum atomic E-state index is 9.42. The number of phenols is 1. The Morgan fingerprint density at radius 3 is 2.79 bits per heavy atom. The summed E-state index contributed by atoms with van der Waals surface area (Å²) in [5, 5.41) is 9.77. The van der Waals surface area contributed by atoms with Crippen LogP contribution in [0.5, 0.6) is 5.75 Å². The molecule has 0 atom stereocenters. The first-order valence-electron chi connectivity index (χ1n) is 4.17. The van der Waals surface area contributed by atoms with Crippen LogP contribution < -0.4 is 0 Å². The summed E-state index contributed by atoms with van der Waals surface area (Å²) in [4.78, 5) is 7.12. The lowest BCUT2D eigenvalue weighted by molar-refractivity contribution is 0.476. The zero-order valence-corrected chi connectivity index (χ0v) is 8.34. The number of halogens is 1. The summed E-state index contributed by atoms with van der Waals surface area (Å²) in [7, 11) is 0. The molecule has 72 valence electrons. The van der Waals surface area contributed by atoms with Crippen LogP contribution in [0.25, 0.3) is 11.3 Å². The second-order valence-corrected chi connectivity index (χ2v) is 3.45. The minimum atomic E-state index is 0.0755. The van der Waals surface area contributed by atoms with E-state index >= 15 is 0 Å². The van der Waals surface area contributed by atoms with Crippen molar-refractivity contribution in [2.45, 2.75) is 6.92 Å². The van der Waals surface area contributed by atoms with Crippen molar-refractivity contribution in [2.75, 3.05) is 0 Å². The molecule has 1 aromatic carbocycles. The number of hydrogen-bond acceptors (Lipinski definition) is 2. The number of rotatable bonds is 1. The van der Waals surface area contributed by atoms with E-state index in [2.05, 4.69) is 9.97 Å². The molecule has 0 aliphatic carbocycles. The molecule has 1 aromatic heterocycles. The molecular formula is C10H9ClN2O. The summed E-state index contributed by atoms with van der Waals surface area (Å²) in [5.74, 6) is 0.0755. The van der Waals surface area contributed by atoms with Crippen LogP contribution >= 0.6 is 11.6 Å². The lowest BCUT2D eigenvalue weighted by atomic mass is 10.1. The van der Waals surface area contributed by atoms with E-state index in [0.717, 1.165) is 17.0 Å². The molecule has 0 fully saturated rings. The van der Waals surface area contributed by atoms with Gasteiger partial charge in [-0.25, -0.2) is 4.98 Å². The summed E-state index contributed by atoms with van der Waals surface area (Å²) in [5.41, 5.74) is 2.65. The third-order valence-electron chi connectivity index (χ3n) is 2.05. The number of aromatic nitrogens is 2. The number of H-pyrrole nitrogens is 1. The summed E-state index contributed by atoms with van der Waals surface area (Å²) in [6, 6.07) is 5.08. The van der Waals surface area contributed by atoms with E-state index in [9.17, 15) is 5.11 Å². The Morgan fingerprint density at radius 2 is 2.21 bits per heavy atom. The predicted octanol–water partition coefficient (Wildman–Crippen LogP) is 2.74. The van der Waals surface area contributed by atoms with Crippen LogP contribution in [0, 0.1) is 6.92 Å². The highest BCUT2D eigenvalue weighted by atomic mass is 35.5. The summed E-state index contributed by atoms with van der Waals surface area (Å²) < 4.78 is 0. The Hall–Kier alpha value is -1.48. The minimum absolute atomic E-state index is 0.0755. The number of imidazole rings is 1. The number of nitrogens with one attached hydrogen (secondary N) is 1. The smallest absolute Gasteiger partial charge is 0.134 e. The van der Waals surface area contributed by atoms with Gasteiger partial charge in [0.1, 0.15) is 5.75 Å². The van der Waals surface area contributed by atoms with Gasteiger partial charge in [0.25, 0.3) is 0 Å². The molecule has 0 amide bonds. The van der Waals surface area contributed by atoms with Crippen molar-refractivity contribution in [3.63, 3.8) is 0 Å². The van der Waals surface area contributed by atoms with E-state index in [1.54, 1.807) is 18.5 Å². The molecule has 0 unspecified atom stereocenters. The highest BCUT2D eigenvalue weighted by Gasteiger charge is 2.06. The molecule has 0 saturated carbocycles. The fraction of sp³-hybridized carbons (Fsp3) is 0.100. The van der Waals surface area contributed by atoms with Gasteiger partial charge in [0.2, 0.25) is 0 Å². The van der Waals surface area contributed by atoms with E-state index in [1.165, 1.54) is 0 Å². The molecular weight excluding hydrogens is 200 g/mol. The molecule has 0 spiro atoms. The van der Waals surface area contributed by atoms with E-state index in [0.29, 0.717) is 5.02 Å². The van der Waals surface area contributed by atoms with Crippen LogP contribution in [0.15, 0.2) is 24.5 Å². The molecule has 2 aromatic rings. The first kappa shape index (κ1) is 9.09. The summed E-state index contributed by atoms with van der Waals surface area (Å²) in [6.07, 6.45) is 1.62. The Labute approximate surface area is 86.4 Å². The largest absolute Gasteiger partial charge is 0.506 e. The number of aryl methyl sites for hydroxylation is 1. The molecule has 14 heavy (non-hydrogen) atoms. The van der Waals surface area contributed by atoms with E-state index in [-0.39, 0.29) is 5.75 Å². The highest BCUT2D eigenvalue weighted by molar-refractivity contribution is 6.32. The lowest BCUT2D eigenvalue weighted by Crippen LogP contribution is -1.81.